The second-order valence-electron chi connectivity index (χ2n) is 6.14. The van der Waals surface area contributed by atoms with Crippen LogP contribution in [-0.2, 0) is 4.74 Å². The largest absolute Gasteiger partial charge is 0.378 e. The van der Waals surface area contributed by atoms with Crippen molar-refractivity contribution < 1.29 is 9.53 Å². The predicted octanol–water partition coefficient (Wildman–Crippen LogP) is 3.29. The highest BCUT2D eigenvalue weighted by Gasteiger charge is 2.18. The number of primary amides is 1. The lowest BCUT2D eigenvalue weighted by Gasteiger charge is -2.29. The summed E-state index contributed by atoms with van der Waals surface area (Å²) in [5, 5.41) is 0.881. The molecule has 4 rings (SSSR count). The summed E-state index contributed by atoms with van der Waals surface area (Å²) < 4.78 is 5.40. The van der Waals surface area contributed by atoms with Crippen LogP contribution in [0.15, 0.2) is 60.8 Å². The highest BCUT2D eigenvalue weighted by atomic mass is 16.5. The number of pyridine rings is 1. The number of carbonyl (C=O) groups is 1. The van der Waals surface area contributed by atoms with E-state index in [1.807, 2.05) is 54.6 Å². The number of amides is 2. The fourth-order valence-electron chi connectivity index (χ4n) is 3.29. The number of anilines is 3. The van der Waals surface area contributed by atoms with Crippen molar-refractivity contribution >= 4 is 34.0 Å². The summed E-state index contributed by atoms with van der Waals surface area (Å²) in [6, 6.07) is 16.9. The Morgan fingerprint density at radius 1 is 1.04 bits per heavy atom. The Kier molecular flexibility index (Phi) is 4.41. The lowest BCUT2D eigenvalue weighted by Crippen LogP contribution is -2.36. The van der Waals surface area contributed by atoms with Crippen molar-refractivity contribution in [1.82, 2.24) is 4.98 Å². The van der Waals surface area contributed by atoms with Crippen LogP contribution in [0, 0.1) is 0 Å². The predicted molar refractivity (Wildman–Crippen MR) is 103 cm³/mol. The zero-order valence-corrected chi connectivity index (χ0v) is 14.3. The summed E-state index contributed by atoms with van der Waals surface area (Å²) in [6.45, 7) is 3.21. The molecular formula is C20H20N4O2. The van der Waals surface area contributed by atoms with Crippen molar-refractivity contribution in [2.24, 2.45) is 5.73 Å². The normalized spacial score (nSPS) is 14.4. The van der Waals surface area contributed by atoms with Crippen LogP contribution in [-0.4, -0.2) is 37.3 Å². The van der Waals surface area contributed by atoms with Gasteiger partial charge in [-0.3, -0.25) is 9.88 Å². The molecule has 2 N–H and O–H groups in total. The van der Waals surface area contributed by atoms with Crippen LogP contribution in [0.4, 0.5) is 21.9 Å². The minimum absolute atomic E-state index is 0.527. The molecule has 0 aliphatic carbocycles. The van der Waals surface area contributed by atoms with Gasteiger partial charge in [-0.05, 0) is 36.4 Å². The van der Waals surface area contributed by atoms with Crippen molar-refractivity contribution in [2.45, 2.75) is 0 Å². The molecule has 26 heavy (non-hydrogen) atoms. The van der Waals surface area contributed by atoms with E-state index in [9.17, 15) is 4.79 Å². The molecule has 1 aliphatic heterocycles. The number of aromatic nitrogens is 1. The van der Waals surface area contributed by atoms with E-state index in [4.69, 9.17) is 10.5 Å². The second kappa shape index (κ2) is 7.01. The number of hydrogen-bond acceptors (Lipinski definition) is 4. The van der Waals surface area contributed by atoms with Crippen LogP contribution in [0.1, 0.15) is 0 Å². The number of nitrogens with zero attached hydrogens (tertiary/aromatic N) is 3. The number of hydrogen-bond donors (Lipinski definition) is 1. The highest BCUT2D eigenvalue weighted by molar-refractivity contribution is 6.06. The Labute approximate surface area is 151 Å². The number of para-hydroxylation sites is 1. The minimum Gasteiger partial charge on any atom is -0.378 e. The molecule has 0 saturated carbocycles. The summed E-state index contributed by atoms with van der Waals surface area (Å²) >= 11 is 0. The van der Waals surface area contributed by atoms with Gasteiger partial charge in [-0.15, -0.1) is 0 Å². The number of rotatable bonds is 3. The SMILES string of the molecule is NC(=O)N(c1ccc(N2CCOCC2)cc1)c1ccnc2ccccc12. The van der Waals surface area contributed by atoms with Crippen LogP contribution in [0.5, 0.6) is 0 Å². The number of benzene rings is 2. The molecule has 1 aliphatic rings. The molecule has 1 fully saturated rings. The van der Waals surface area contributed by atoms with Crippen LogP contribution in [0.25, 0.3) is 10.9 Å². The third-order valence-electron chi connectivity index (χ3n) is 4.57. The molecule has 0 radical (unpaired) electrons. The first kappa shape index (κ1) is 16.4. The topological polar surface area (TPSA) is 71.7 Å². The zero-order valence-electron chi connectivity index (χ0n) is 14.3. The van der Waals surface area contributed by atoms with E-state index in [1.165, 1.54) is 4.90 Å². The summed E-state index contributed by atoms with van der Waals surface area (Å²) in [5.74, 6) is 0. The highest BCUT2D eigenvalue weighted by Crippen LogP contribution is 2.32. The number of carbonyl (C=O) groups excluding carboxylic acids is 1. The number of fused-ring (bicyclic) bond motifs is 1. The van der Waals surface area contributed by atoms with Gasteiger partial charge in [-0.2, -0.15) is 0 Å². The van der Waals surface area contributed by atoms with Crippen molar-refractivity contribution in [3.63, 3.8) is 0 Å². The average Bonchev–Trinajstić information content (AvgIpc) is 2.69. The summed E-state index contributed by atoms with van der Waals surface area (Å²) in [5.41, 5.74) is 9.10. The fraction of sp³-hybridized carbons (Fsp3) is 0.200. The molecule has 2 amide bonds. The average molecular weight is 348 g/mol. The van der Waals surface area contributed by atoms with Crippen molar-refractivity contribution in [1.29, 1.82) is 0 Å². The number of ether oxygens (including phenoxy) is 1. The lowest BCUT2D eigenvalue weighted by molar-refractivity contribution is 0.122. The summed E-state index contributed by atoms with van der Waals surface area (Å²) in [6.07, 6.45) is 1.69. The third-order valence-corrected chi connectivity index (χ3v) is 4.57. The van der Waals surface area contributed by atoms with Gasteiger partial charge in [0.25, 0.3) is 0 Å². The first-order valence-electron chi connectivity index (χ1n) is 8.60. The zero-order chi connectivity index (χ0) is 17.9. The van der Waals surface area contributed by atoms with Gasteiger partial charge in [0.15, 0.2) is 0 Å². The molecule has 0 spiro atoms. The van der Waals surface area contributed by atoms with Crippen molar-refractivity contribution in [2.75, 3.05) is 36.1 Å². The van der Waals surface area contributed by atoms with Crippen LogP contribution >= 0.6 is 0 Å². The smallest absolute Gasteiger partial charge is 0.323 e. The summed E-state index contributed by atoms with van der Waals surface area (Å²) in [4.78, 5) is 20.4. The molecule has 1 aromatic heterocycles. The molecule has 6 heteroatoms. The van der Waals surface area contributed by atoms with Crippen LogP contribution in [0.3, 0.4) is 0 Å². The van der Waals surface area contributed by atoms with E-state index in [1.54, 1.807) is 6.20 Å². The lowest BCUT2D eigenvalue weighted by atomic mass is 10.1. The molecule has 2 heterocycles. The number of urea groups is 1. The Morgan fingerprint density at radius 2 is 1.77 bits per heavy atom. The first-order valence-corrected chi connectivity index (χ1v) is 8.60. The Morgan fingerprint density at radius 3 is 2.50 bits per heavy atom. The van der Waals surface area contributed by atoms with E-state index in [-0.39, 0.29) is 0 Å². The summed E-state index contributed by atoms with van der Waals surface area (Å²) in [7, 11) is 0. The quantitative estimate of drug-likeness (QED) is 0.788. The third kappa shape index (κ3) is 3.07. The van der Waals surface area contributed by atoms with Crippen molar-refractivity contribution in [3.05, 3.63) is 60.8 Å². The van der Waals surface area contributed by atoms with Gasteiger partial charge in [-0.25, -0.2) is 4.79 Å². The van der Waals surface area contributed by atoms with E-state index >= 15 is 0 Å². The maximum absolute atomic E-state index is 12.2. The van der Waals surface area contributed by atoms with Crippen LogP contribution < -0.4 is 15.5 Å². The molecule has 6 nitrogen and oxygen atoms in total. The molecular weight excluding hydrogens is 328 g/mol. The van der Waals surface area contributed by atoms with Crippen LogP contribution in [0.2, 0.25) is 0 Å². The first-order chi connectivity index (χ1) is 12.7. The van der Waals surface area contributed by atoms with Gasteiger partial charge >= 0.3 is 6.03 Å². The number of nitrogens with two attached hydrogens (primary N) is 1. The van der Waals surface area contributed by atoms with Gasteiger partial charge in [0, 0.05) is 30.4 Å². The number of morpholine rings is 1. The molecule has 0 unspecified atom stereocenters. The monoisotopic (exact) mass is 348 g/mol. The Hall–Kier alpha value is -3.12. The fourth-order valence-corrected chi connectivity index (χ4v) is 3.29. The van der Waals surface area contributed by atoms with Gasteiger partial charge in [0.05, 0.1) is 30.1 Å². The van der Waals surface area contributed by atoms with Gasteiger partial charge < -0.3 is 15.4 Å². The molecule has 0 bridgehead atoms. The Bertz CT molecular complexity index is 915. The Balaban J connectivity index is 1.71. The second-order valence-corrected chi connectivity index (χ2v) is 6.14. The maximum Gasteiger partial charge on any atom is 0.323 e. The van der Waals surface area contributed by atoms with Gasteiger partial charge in [0.1, 0.15) is 0 Å². The molecule has 1 saturated heterocycles. The standard InChI is InChI=1S/C20H20N4O2/c21-20(25)24(19-9-10-22-18-4-2-1-3-17(18)19)16-7-5-15(6-8-16)23-11-13-26-14-12-23/h1-10H,11-14H2,(H2,21,25). The van der Waals surface area contributed by atoms with E-state index < -0.39 is 6.03 Å². The minimum atomic E-state index is -0.527. The molecule has 132 valence electrons. The maximum atomic E-state index is 12.2. The van der Waals surface area contributed by atoms with E-state index in [0.717, 1.165) is 54.3 Å². The van der Waals surface area contributed by atoms with Gasteiger partial charge in [0.2, 0.25) is 0 Å². The molecule has 3 aromatic rings. The van der Waals surface area contributed by atoms with Crippen molar-refractivity contribution in [3.8, 4) is 0 Å². The molecule has 2 aromatic carbocycles. The van der Waals surface area contributed by atoms with Gasteiger partial charge in [-0.1, -0.05) is 18.2 Å². The van der Waals surface area contributed by atoms with E-state index in [2.05, 4.69) is 9.88 Å². The molecule has 0 atom stereocenters. The van der Waals surface area contributed by atoms with E-state index in [0.29, 0.717) is 0 Å².